The lowest BCUT2D eigenvalue weighted by Gasteiger charge is -2.43. The quantitative estimate of drug-likeness (QED) is 0.343. The molecule has 0 saturated heterocycles. The Hall–Kier alpha value is -1.87. The molecule has 7 heteroatoms. The summed E-state index contributed by atoms with van der Waals surface area (Å²) >= 11 is 0. The number of likely N-dealkylation sites (N-methyl/N-ethyl adjacent to an activating group) is 1. The molecule has 0 amide bonds. The van der Waals surface area contributed by atoms with Crippen LogP contribution < -0.4 is 38.2 Å². The van der Waals surface area contributed by atoms with E-state index >= 15 is 0 Å². The summed E-state index contributed by atoms with van der Waals surface area (Å²) in [5.74, 6) is 2.10. The molecular formula is C20H23IN2O4. The van der Waals surface area contributed by atoms with E-state index in [2.05, 4.69) is 19.1 Å². The highest BCUT2D eigenvalue weighted by Crippen LogP contribution is 2.51. The Kier molecular flexibility index (Phi) is 5.62. The monoisotopic (exact) mass is 482 g/mol. The van der Waals surface area contributed by atoms with Crippen molar-refractivity contribution in [1.82, 2.24) is 4.98 Å². The molecule has 4 rings (SSSR count). The fourth-order valence-corrected chi connectivity index (χ4v) is 3.92. The molecule has 6 nitrogen and oxygen atoms in total. The number of benzene rings is 1. The van der Waals surface area contributed by atoms with Gasteiger partial charge < -0.3 is 42.7 Å². The maximum absolute atomic E-state index is 12.9. The molecule has 0 bridgehead atoms. The van der Waals surface area contributed by atoms with E-state index in [4.69, 9.17) is 14.2 Å². The number of pyridine rings is 1. The number of aromatic nitrogens is 1. The van der Waals surface area contributed by atoms with E-state index in [1.165, 1.54) is 5.56 Å². The number of rotatable bonds is 4. The summed E-state index contributed by atoms with van der Waals surface area (Å²) in [5, 5.41) is 0. The number of Topliss-reactive ketones (excluding diaryl/α,β-unsaturated/α-hetero) is 1. The Morgan fingerprint density at radius 2 is 2.15 bits per heavy atom. The summed E-state index contributed by atoms with van der Waals surface area (Å²) in [6.45, 7) is 1.14. The second kappa shape index (κ2) is 7.63. The van der Waals surface area contributed by atoms with Gasteiger partial charge in [-0.25, -0.2) is 0 Å². The van der Waals surface area contributed by atoms with Gasteiger partial charge >= 0.3 is 0 Å². The van der Waals surface area contributed by atoms with Gasteiger partial charge in [0.1, 0.15) is 11.7 Å². The minimum Gasteiger partial charge on any atom is -1.00 e. The van der Waals surface area contributed by atoms with Crippen LogP contribution in [-0.4, -0.2) is 49.8 Å². The van der Waals surface area contributed by atoms with Crippen LogP contribution in [-0.2, 0) is 6.42 Å². The highest BCUT2D eigenvalue weighted by molar-refractivity contribution is 5.94. The van der Waals surface area contributed by atoms with Crippen molar-refractivity contribution < 1.29 is 47.5 Å². The van der Waals surface area contributed by atoms with E-state index in [0.29, 0.717) is 28.1 Å². The molecule has 1 atom stereocenters. The summed E-state index contributed by atoms with van der Waals surface area (Å²) in [6.07, 6.45) is 2.93. The molecule has 0 saturated carbocycles. The Morgan fingerprint density at radius 3 is 2.85 bits per heavy atom. The summed E-state index contributed by atoms with van der Waals surface area (Å²) in [6, 6.07) is 7.43. The number of halogens is 1. The smallest absolute Gasteiger partial charge is 0.231 e. The van der Waals surface area contributed by atoms with E-state index in [0.717, 1.165) is 24.3 Å². The second-order valence-corrected chi connectivity index (χ2v) is 7.33. The van der Waals surface area contributed by atoms with Crippen LogP contribution in [0.15, 0.2) is 30.5 Å². The number of carbonyl (C=O) groups excluding carboxylic acids is 1. The van der Waals surface area contributed by atoms with Crippen molar-refractivity contribution in [1.29, 1.82) is 0 Å². The Bertz CT molecular complexity index is 855. The molecule has 0 fully saturated rings. The molecule has 1 aromatic heterocycles. The van der Waals surface area contributed by atoms with Crippen molar-refractivity contribution in [3.63, 3.8) is 0 Å². The lowest BCUT2D eigenvalue weighted by atomic mass is 9.86. The van der Waals surface area contributed by atoms with Gasteiger partial charge in [0.05, 0.1) is 39.7 Å². The fraction of sp³-hybridized carbons (Fsp3) is 0.400. The maximum Gasteiger partial charge on any atom is 0.231 e. The molecule has 27 heavy (non-hydrogen) atoms. The number of hydrogen-bond donors (Lipinski definition) is 0. The highest BCUT2D eigenvalue weighted by atomic mass is 127. The van der Waals surface area contributed by atoms with Crippen LogP contribution in [0.1, 0.15) is 34.1 Å². The topological polar surface area (TPSA) is 57.7 Å². The molecule has 2 aliphatic heterocycles. The van der Waals surface area contributed by atoms with E-state index in [1.807, 2.05) is 18.2 Å². The van der Waals surface area contributed by atoms with Crippen LogP contribution in [0.4, 0.5) is 0 Å². The Morgan fingerprint density at radius 1 is 1.33 bits per heavy atom. The highest BCUT2D eigenvalue weighted by Gasteiger charge is 2.42. The number of nitrogens with zero attached hydrogens (tertiary/aromatic N) is 2. The number of fused-ring (bicyclic) bond motifs is 2. The van der Waals surface area contributed by atoms with Crippen molar-refractivity contribution in [2.45, 2.75) is 18.9 Å². The third kappa shape index (κ3) is 3.50. The molecule has 1 unspecified atom stereocenters. The first kappa shape index (κ1) is 19.9. The molecule has 1 aromatic carbocycles. The van der Waals surface area contributed by atoms with Crippen LogP contribution in [0.3, 0.4) is 0 Å². The zero-order chi connectivity index (χ0) is 18.3. The zero-order valence-corrected chi connectivity index (χ0v) is 17.9. The average molecular weight is 482 g/mol. The Labute approximate surface area is 176 Å². The Balaban J connectivity index is 0.00000210. The van der Waals surface area contributed by atoms with Crippen molar-refractivity contribution in [2.75, 3.05) is 34.5 Å². The SMILES string of the molecule is COc1c2c(cc3c1C(CC(=O)c1ccccn1)[N+](C)(C)CC3)OCO2.[I-]. The number of ketones is 1. The van der Waals surface area contributed by atoms with Crippen molar-refractivity contribution in [3.8, 4) is 17.2 Å². The second-order valence-electron chi connectivity index (χ2n) is 7.33. The van der Waals surface area contributed by atoms with E-state index in [1.54, 1.807) is 19.4 Å². The minimum absolute atomic E-state index is 0. The number of ether oxygens (including phenoxy) is 3. The largest absolute Gasteiger partial charge is 1.00 e. The standard InChI is InChI=1S/C20H23N2O4.HI/c1-22(2)9-7-13-10-17-19(26-12-25-17)20(24-3)18(13)15(22)11-16(23)14-6-4-5-8-21-14;/h4-6,8,10,15H,7,9,11-12H2,1-3H3;1H/q+1;/p-1. The van der Waals surface area contributed by atoms with E-state index in [9.17, 15) is 4.79 Å². The van der Waals surface area contributed by atoms with Crippen LogP contribution >= 0.6 is 0 Å². The molecule has 2 aromatic rings. The molecule has 0 aliphatic carbocycles. The first-order chi connectivity index (χ1) is 12.5. The van der Waals surface area contributed by atoms with E-state index in [-0.39, 0.29) is 42.6 Å². The molecule has 144 valence electrons. The van der Waals surface area contributed by atoms with E-state index < -0.39 is 0 Å². The number of quaternary nitrogens is 1. The zero-order valence-electron chi connectivity index (χ0n) is 15.7. The fourth-order valence-electron chi connectivity index (χ4n) is 3.92. The van der Waals surface area contributed by atoms with Crippen molar-refractivity contribution in [2.24, 2.45) is 0 Å². The van der Waals surface area contributed by atoms with Crippen LogP contribution in [0, 0.1) is 0 Å². The molecule has 0 radical (unpaired) electrons. The average Bonchev–Trinajstić information content (AvgIpc) is 3.11. The third-order valence-corrected chi connectivity index (χ3v) is 5.41. The van der Waals surface area contributed by atoms with Crippen LogP contribution in [0.5, 0.6) is 17.2 Å². The summed E-state index contributed by atoms with van der Waals surface area (Å²) in [7, 11) is 5.95. The van der Waals surface area contributed by atoms with Gasteiger partial charge in [-0.3, -0.25) is 9.78 Å². The van der Waals surface area contributed by atoms with Gasteiger partial charge in [-0.05, 0) is 23.8 Å². The lowest BCUT2D eigenvalue weighted by Crippen LogP contribution is -3.00. The van der Waals surface area contributed by atoms with Gasteiger partial charge in [-0.15, -0.1) is 0 Å². The third-order valence-electron chi connectivity index (χ3n) is 5.41. The number of methoxy groups -OCH3 is 1. The first-order valence-electron chi connectivity index (χ1n) is 8.77. The van der Waals surface area contributed by atoms with Gasteiger partial charge in [0.15, 0.2) is 17.3 Å². The molecule has 3 heterocycles. The van der Waals surface area contributed by atoms with Gasteiger partial charge in [0.25, 0.3) is 0 Å². The number of hydrogen-bond acceptors (Lipinski definition) is 5. The minimum atomic E-state index is -0.0299. The van der Waals surface area contributed by atoms with Gasteiger partial charge in [-0.2, -0.15) is 0 Å². The summed E-state index contributed by atoms with van der Waals surface area (Å²) < 4.78 is 17.6. The summed E-state index contributed by atoms with van der Waals surface area (Å²) in [5.41, 5.74) is 2.72. The van der Waals surface area contributed by atoms with Gasteiger partial charge in [0, 0.05) is 12.6 Å². The summed E-state index contributed by atoms with van der Waals surface area (Å²) in [4.78, 5) is 17.1. The van der Waals surface area contributed by atoms with Gasteiger partial charge in [0.2, 0.25) is 12.5 Å². The van der Waals surface area contributed by atoms with Crippen LogP contribution in [0.25, 0.3) is 0 Å². The molecule has 0 spiro atoms. The molecule has 0 N–H and O–H groups in total. The normalized spacial score (nSPS) is 19.0. The van der Waals surface area contributed by atoms with Gasteiger partial charge in [-0.1, -0.05) is 6.07 Å². The lowest BCUT2D eigenvalue weighted by molar-refractivity contribution is -0.922. The van der Waals surface area contributed by atoms with Crippen molar-refractivity contribution >= 4 is 5.78 Å². The number of carbonyl (C=O) groups is 1. The molecule has 2 aliphatic rings. The van der Waals surface area contributed by atoms with Crippen molar-refractivity contribution in [3.05, 3.63) is 47.3 Å². The predicted octanol–water partition coefficient (Wildman–Crippen LogP) is -0.230. The van der Waals surface area contributed by atoms with Crippen LogP contribution in [0.2, 0.25) is 0 Å². The molecular weight excluding hydrogens is 459 g/mol. The first-order valence-corrected chi connectivity index (χ1v) is 8.77. The maximum atomic E-state index is 12.9. The predicted molar refractivity (Wildman–Crippen MR) is 95.7 cm³/mol.